The zero-order chi connectivity index (χ0) is 25.0. The summed E-state index contributed by atoms with van der Waals surface area (Å²) in [5, 5.41) is 8.92. The number of benzene rings is 3. The molecule has 0 amide bonds. The molecular weight excluding hydrogens is 452 g/mol. The fourth-order valence-electron chi connectivity index (χ4n) is 5.14. The number of fused-ring (bicyclic) bond motifs is 3. The molecule has 0 saturated heterocycles. The first kappa shape index (κ1) is 23.8. The predicted molar refractivity (Wildman–Crippen MR) is 138 cm³/mol. The summed E-state index contributed by atoms with van der Waals surface area (Å²) in [4.78, 5) is 15.0. The van der Waals surface area contributed by atoms with Crippen molar-refractivity contribution in [2.24, 2.45) is 0 Å². The molecule has 6 nitrogen and oxygen atoms in total. The van der Waals surface area contributed by atoms with Crippen LogP contribution in [0, 0.1) is 0 Å². The SMILES string of the molecule is COc1ccc(C2(OCCCCCn3cnc(CC(=O)O)c3)c3ccccc3-c3ccccc32)cc1. The smallest absolute Gasteiger partial charge is 0.309 e. The molecule has 184 valence electrons. The predicted octanol–water partition coefficient (Wildman–Crippen LogP) is 5.68. The summed E-state index contributed by atoms with van der Waals surface area (Å²) >= 11 is 0. The number of imidazole rings is 1. The van der Waals surface area contributed by atoms with Gasteiger partial charge in [-0.25, -0.2) is 4.98 Å². The second-order valence-electron chi connectivity index (χ2n) is 9.08. The number of aryl methyl sites for hydroxylation is 1. The second kappa shape index (κ2) is 10.4. The second-order valence-corrected chi connectivity index (χ2v) is 9.08. The third kappa shape index (κ3) is 4.52. The zero-order valence-corrected chi connectivity index (χ0v) is 20.4. The van der Waals surface area contributed by atoms with Gasteiger partial charge in [-0.2, -0.15) is 0 Å². The van der Waals surface area contributed by atoms with E-state index in [0.29, 0.717) is 12.3 Å². The molecule has 1 aliphatic carbocycles. The molecule has 0 aliphatic heterocycles. The highest BCUT2D eigenvalue weighted by Crippen LogP contribution is 2.53. The van der Waals surface area contributed by atoms with E-state index in [1.165, 1.54) is 22.3 Å². The lowest BCUT2D eigenvalue weighted by Crippen LogP contribution is -2.31. The van der Waals surface area contributed by atoms with Crippen molar-refractivity contribution in [2.75, 3.05) is 13.7 Å². The summed E-state index contributed by atoms with van der Waals surface area (Å²) in [6.45, 7) is 1.42. The van der Waals surface area contributed by atoms with Gasteiger partial charge in [-0.05, 0) is 48.1 Å². The fraction of sp³-hybridized carbons (Fsp3) is 0.267. The van der Waals surface area contributed by atoms with Gasteiger partial charge in [0.1, 0.15) is 11.4 Å². The third-order valence-electron chi connectivity index (χ3n) is 6.80. The Morgan fingerprint density at radius 2 is 1.58 bits per heavy atom. The highest BCUT2D eigenvalue weighted by Gasteiger charge is 2.45. The Balaban J connectivity index is 1.32. The van der Waals surface area contributed by atoms with Crippen molar-refractivity contribution in [1.29, 1.82) is 0 Å². The van der Waals surface area contributed by atoms with E-state index in [-0.39, 0.29) is 6.42 Å². The van der Waals surface area contributed by atoms with Crippen LogP contribution in [0.15, 0.2) is 85.3 Å². The summed E-state index contributed by atoms with van der Waals surface area (Å²) in [5.74, 6) is -0.0438. The Hall–Kier alpha value is -3.90. The Labute approximate surface area is 211 Å². The first-order chi connectivity index (χ1) is 17.6. The Morgan fingerprint density at radius 1 is 0.917 bits per heavy atom. The molecule has 0 radical (unpaired) electrons. The average molecular weight is 483 g/mol. The molecule has 1 aromatic heterocycles. The first-order valence-corrected chi connectivity index (χ1v) is 12.3. The van der Waals surface area contributed by atoms with E-state index in [0.717, 1.165) is 37.1 Å². The van der Waals surface area contributed by atoms with Crippen LogP contribution in [-0.2, 0) is 28.1 Å². The lowest BCUT2D eigenvalue weighted by molar-refractivity contribution is -0.136. The number of carboxylic acid groups (broad SMARTS) is 1. The number of aromatic nitrogens is 2. The molecule has 0 bridgehead atoms. The van der Waals surface area contributed by atoms with Crippen LogP contribution in [-0.4, -0.2) is 34.3 Å². The van der Waals surface area contributed by atoms with Crippen LogP contribution in [0.4, 0.5) is 0 Å². The average Bonchev–Trinajstić information content (AvgIpc) is 3.46. The largest absolute Gasteiger partial charge is 0.497 e. The molecule has 1 N–H and O–H groups in total. The normalized spacial score (nSPS) is 13.2. The summed E-state index contributed by atoms with van der Waals surface area (Å²) < 4.78 is 14.2. The third-order valence-corrected chi connectivity index (χ3v) is 6.80. The van der Waals surface area contributed by atoms with Gasteiger partial charge < -0.3 is 19.1 Å². The highest BCUT2D eigenvalue weighted by molar-refractivity contribution is 5.82. The van der Waals surface area contributed by atoms with Crippen LogP contribution in [0.2, 0.25) is 0 Å². The Morgan fingerprint density at radius 3 is 2.22 bits per heavy atom. The van der Waals surface area contributed by atoms with Crippen LogP contribution < -0.4 is 4.74 Å². The van der Waals surface area contributed by atoms with Crippen molar-refractivity contribution in [3.05, 3.63) is 108 Å². The molecule has 0 atom stereocenters. The number of nitrogens with zero attached hydrogens (tertiary/aromatic N) is 2. The molecule has 1 heterocycles. The van der Waals surface area contributed by atoms with E-state index in [2.05, 4.69) is 65.6 Å². The van der Waals surface area contributed by atoms with Gasteiger partial charge in [-0.1, -0.05) is 60.7 Å². The van der Waals surface area contributed by atoms with E-state index in [1.807, 2.05) is 22.9 Å². The minimum absolute atomic E-state index is 0.0444. The van der Waals surface area contributed by atoms with Crippen LogP contribution >= 0.6 is 0 Å². The molecule has 1 aliphatic rings. The molecule has 0 saturated carbocycles. The van der Waals surface area contributed by atoms with Crippen molar-refractivity contribution < 1.29 is 19.4 Å². The summed E-state index contributed by atoms with van der Waals surface area (Å²) in [5.41, 5.74) is 5.76. The summed E-state index contributed by atoms with van der Waals surface area (Å²) in [6, 6.07) is 25.2. The molecule has 0 unspecified atom stereocenters. The van der Waals surface area contributed by atoms with Gasteiger partial charge in [-0.3, -0.25) is 4.79 Å². The molecular formula is C30H30N2O4. The first-order valence-electron chi connectivity index (χ1n) is 12.3. The van der Waals surface area contributed by atoms with Crippen LogP contribution in [0.5, 0.6) is 5.75 Å². The van der Waals surface area contributed by atoms with E-state index >= 15 is 0 Å². The number of ether oxygens (including phenoxy) is 2. The van der Waals surface area contributed by atoms with E-state index in [4.69, 9.17) is 14.6 Å². The molecule has 3 aromatic carbocycles. The number of carboxylic acids is 1. The molecule has 36 heavy (non-hydrogen) atoms. The van der Waals surface area contributed by atoms with Crippen LogP contribution in [0.1, 0.15) is 41.6 Å². The number of methoxy groups -OCH3 is 1. The quantitative estimate of drug-likeness (QED) is 0.279. The monoisotopic (exact) mass is 482 g/mol. The van der Waals surface area contributed by atoms with Gasteiger partial charge in [-0.15, -0.1) is 0 Å². The van der Waals surface area contributed by atoms with Crippen LogP contribution in [0.3, 0.4) is 0 Å². The maximum atomic E-state index is 10.9. The number of aliphatic carboxylic acids is 1. The minimum atomic E-state index is -0.863. The number of unbranched alkanes of at least 4 members (excludes halogenated alkanes) is 2. The number of carbonyl (C=O) groups is 1. The fourth-order valence-corrected chi connectivity index (χ4v) is 5.14. The van der Waals surface area contributed by atoms with Gasteiger partial charge in [0.2, 0.25) is 0 Å². The minimum Gasteiger partial charge on any atom is -0.497 e. The van der Waals surface area contributed by atoms with Gasteiger partial charge in [0, 0.05) is 30.5 Å². The van der Waals surface area contributed by atoms with Crippen molar-refractivity contribution >= 4 is 5.97 Å². The van der Waals surface area contributed by atoms with E-state index in [1.54, 1.807) is 13.4 Å². The zero-order valence-electron chi connectivity index (χ0n) is 20.4. The van der Waals surface area contributed by atoms with Gasteiger partial charge in [0.25, 0.3) is 0 Å². The van der Waals surface area contributed by atoms with Crippen molar-refractivity contribution in [1.82, 2.24) is 9.55 Å². The number of hydrogen-bond donors (Lipinski definition) is 1. The van der Waals surface area contributed by atoms with Crippen molar-refractivity contribution in [2.45, 2.75) is 37.8 Å². The van der Waals surface area contributed by atoms with Gasteiger partial charge >= 0.3 is 5.97 Å². The van der Waals surface area contributed by atoms with Crippen LogP contribution in [0.25, 0.3) is 11.1 Å². The molecule has 6 heteroatoms. The maximum Gasteiger partial charge on any atom is 0.309 e. The van der Waals surface area contributed by atoms with Crippen molar-refractivity contribution in [3.63, 3.8) is 0 Å². The lowest BCUT2D eigenvalue weighted by atomic mass is 9.84. The molecule has 0 fully saturated rings. The van der Waals surface area contributed by atoms with E-state index < -0.39 is 11.6 Å². The van der Waals surface area contributed by atoms with Gasteiger partial charge in [0.05, 0.1) is 25.6 Å². The molecule has 5 rings (SSSR count). The summed E-state index contributed by atoms with van der Waals surface area (Å²) in [7, 11) is 1.68. The van der Waals surface area contributed by atoms with Gasteiger partial charge in [0.15, 0.2) is 0 Å². The molecule has 4 aromatic rings. The van der Waals surface area contributed by atoms with E-state index in [9.17, 15) is 4.79 Å². The Bertz CT molecular complexity index is 1300. The Kier molecular flexibility index (Phi) is 6.87. The highest BCUT2D eigenvalue weighted by atomic mass is 16.5. The maximum absolute atomic E-state index is 10.9. The van der Waals surface area contributed by atoms with Crippen molar-refractivity contribution in [3.8, 4) is 16.9 Å². The molecule has 0 spiro atoms. The number of hydrogen-bond acceptors (Lipinski definition) is 4. The topological polar surface area (TPSA) is 73.6 Å². The summed E-state index contributed by atoms with van der Waals surface area (Å²) in [6.07, 6.45) is 6.36. The standard InChI is InChI=1S/C30H30N2O4/c1-35-24-15-13-22(14-16-24)30(27-11-5-3-9-25(27)26-10-4-6-12-28(26)30)36-18-8-2-7-17-32-20-23(31-21-32)19-29(33)34/h3-6,9-16,20-21H,2,7-8,17-19H2,1H3,(H,33,34). The lowest BCUT2D eigenvalue weighted by Gasteiger charge is -2.33. The number of rotatable bonds is 11.